The average molecular weight is 372 g/mol. The van der Waals surface area contributed by atoms with E-state index in [9.17, 15) is 14.4 Å². The molecule has 0 spiro atoms. The summed E-state index contributed by atoms with van der Waals surface area (Å²) in [6.45, 7) is 0.0518. The number of rotatable bonds is 6. The Morgan fingerprint density at radius 3 is 2.85 bits per heavy atom. The predicted molar refractivity (Wildman–Crippen MR) is 97.2 cm³/mol. The first kappa shape index (κ1) is 17.6. The van der Waals surface area contributed by atoms with Gasteiger partial charge in [0.1, 0.15) is 6.61 Å². The Morgan fingerprint density at radius 2 is 2.04 bits per heavy atom. The van der Waals surface area contributed by atoms with E-state index in [1.165, 1.54) is 21.8 Å². The van der Waals surface area contributed by atoms with Crippen LogP contribution in [0.15, 0.2) is 52.8 Å². The third-order valence-corrected chi connectivity index (χ3v) is 4.14. The molecule has 2 N–H and O–H groups in total. The molecule has 3 aromatic rings. The van der Waals surface area contributed by atoms with Gasteiger partial charge in [0.25, 0.3) is 5.56 Å². The summed E-state index contributed by atoms with van der Waals surface area (Å²) in [6, 6.07) is 9.90. The van der Waals surface area contributed by atoms with Gasteiger partial charge in [0, 0.05) is 29.9 Å². The highest BCUT2D eigenvalue weighted by molar-refractivity contribution is 7.15. The number of nitrogens with zero attached hydrogens (tertiary/aromatic N) is 2. The highest BCUT2D eigenvalue weighted by atomic mass is 32.1. The molecular weight excluding hydrogens is 356 g/mol. The first-order valence-corrected chi connectivity index (χ1v) is 8.71. The maximum Gasteiger partial charge on any atom is 0.319 e. The number of urea groups is 1. The van der Waals surface area contributed by atoms with Crippen LogP contribution in [0.3, 0.4) is 0 Å². The molecule has 0 saturated carbocycles. The number of carbonyl (C=O) groups is 2. The first-order chi connectivity index (χ1) is 12.6. The summed E-state index contributed by atoms with van der Waals surface area (Å²) in [6.07, 6.45) is 1.65. The molecule has 9 heteroatoms. The van der Waals surface area contributed by atoms with Crippen LogP contribution in [-0.4, -0.2) is 27.9 Å². The maximum absolute atomic E-state index is 11.8. The zero-order valence-corrected chi connectivity index (χ0v) is 14.5. The molecule has 1 aromatic carbocycles. The molecule has 0 atom stereocenters. The molecule has 0 aliphatic heterocycles. The zero-order chi connectivity index (χ0) is 18.4. The van der Waals surface area contributed by atoms with E-state index < -0.39 is 12.0 Å². The SMILES string of the molecule is O=C(NCCC(=O)OCc1cc(=O)n2ccsc2n1)Nc1ccccc1. The Kier molecular flexibility index (Phi) is 5.59. The number of ether oxygens (including phenoxy) is 1. The van der Waals surface area contributed by atoms with Crippen molar-refractivity contribution in [2.45, 2.75) is 13.0 Å². The van der Waals surface area contributed by atoms with E-state index >= 15 is 0 Å². The van der Waals surface area contributed by atoms with E-state index in [1.54, 1.807) is 35.8 Å². The third-order valence-electron chi connectivity index (χ3n) is 3.38. The molecule has 0 saturated heterocycles. The number of thiazole rings is 1. The number of anilines is 1. The van der Waals surface area contributed by atoms with Gasteiger partial charge < -0.3 is 15.4 Å². The summed E-state index contributed by atoms with van der Waals surface area (Å²) in [5.41, 5.74) is 0.830. The van der Waals surface area contributed by atoms with E-state index in [4.69, 9.17) is 4.74 Å². The highest BCUT2D eigenvalue weighted by Crippen LogP contribution is 2.07. The first-order valence-electron chi connectivity index (χ1n) is 7.83. The van der Waals surface area contributed by atoms with Gasteiger partial charge in [-0.05, 0) is 12.1 Å². The van der Waals surface area contributed by atoms with Gasteiger partial charge in [-0.1, -0.05) is 18.2 Å². The quantitative estimate of drug-likeness (QED) is 0.645. The van der Waals surface area contributed by atoms with Crippen LogP contribution in [0.4, 0.5) is 10.5 Å². The van der Waals surface area contributed by atoms with Gasteiger partial charge >= 0.3 is 12.0 Å². The summed E-state index contributed by atoms with van der Waals surface area (Å²) < 4.78 is 6.51. The molecule has 2 amide bonds. The number of aromatic nitrogens is 2. The van der Waals surface area contributed by atoms with Crippen LogP contribution in [0.1, 0.15) is 12.1 Å². The monoisotopic (exact) mass is 372 g/mol. The van der Waals surface area contributed by atoms with Gasteiger partial charge in [0.15, 0.2) is 4.96 Å². The van der Waals surface area contributed by atoms with E-state index in [2.05, 4.69) is 15.6 Å². The second-order valence-electron chi connectivity index (χ2n) is 5.30. The lowest BCUT2D eigenvalue weighted by Crippen LogP contribution is -2.30. The zero-order valence-electron chi connectivity index (χ0n) is 13.7. The molecule has 0 fully saturated rings. The lowest BCUT2D eigenvalue weighted by Gasteiger charge is -2.08. The molecule has 0 aliphatic carbocycles. The number of hydrogen-bond acceptors (Lipinski definition) is 6. The number of esters is 1. The molecule has 8 nitrogen and oxygen atoms in total. The second-order valence-corrected chi connectivity index (χ2v) is 6.17. The number of para-hydroxylation sites is 1. The van der Waals surface area contributed by atoms with Gasteiger partial charge in [-0.25, -0.2) is 9.78 Å². The Balaban J connectivity index is 1.41. The molecule has 0 aliphatic rings. The van der Waals surface area contributed by atoms with Crippen molar-refractivity contribution in [3.05, 3.63) is 64.0 Å². The molecule has 0 radical (unpaired) electrons. The van der Waals surface area contributed by atoms with Crippen molar-refractivity contribution in [1.29, 1.82) is 0 Å². The number of amides is 2. The van der Waals surface area contributed by atoms with Crippen molar-refractivity contribution in [2.24, 2.45) is 0 Å². The Labute approximate surface area is 152 Å². The molecule has 0 bridgehead atoms. The Bertz CT molecular complexity index is 968. The van der Waals surface area contributed by atoms with Crippen molar-refractivity contribution in [3.63, 3.8) is 0 Å². The number of carbonyl (C=O) groups excluding carboxylic acids is 2. The minimum Gasteiger partial charge on any atom is -0.459 e. The Hall–Kier alpha value is -3.20. The fourth-order valence-corrected chi connectivity index (χ4v) is 2.90. The average Bonchev–Trinajstić information content (AvgIpc) is 3.10. The molecular formula is C17H16N4O4S. The molecule has 26 heavy (non-hydrogen) atoms. The van der Waals surface area contributed by atoms with Crippen LogP contribution in [0.5, 0.6) is 0 Å². The van der Waals surface area contributed by atoms with E-state index in [0.717, 1.165) is 0 Å². The van der Waals surface area contributed by atoms with Crippen molar-refractivity contribution < 1.29 is 14.3 Å². The lowest BCUT2D eigenvalue weighted by atomic mass is 10.3. The summed E-state index contributed by atoms with van der Waals surface area (Å²) in [5, 5.41) is 6.97. The van der Waals surface area contributed by atoms with Crippen molar-refractivity contribution in [2.75, 3.05) is 11.9 Å². The summed E-state index contributed by atoms with van der Waals surface area (Å²) in [4.78, 5) is 40.1. The predicted octanol–water partition coefficient (Wildman–Crippen LogP) is 2.01. The largest absolute Gasteiger partial charge is 0.459 e. The normalized spacial score (nSPS) is 10.5. The molecule has 2 aromatic heterocycles. The van der Waals surface area contributed by atoms with Gasteiger partial charge in [0.05, 0.1) is 12.1 Å². The smallest absolute Gasteiger partial charge is 0.319 e. The topological polar surface area (TPSA) is 102 Å². The van der Waals surface area contributed by atoms with Crippen LogP contribution >= 0.6 is 11.3 Å². The summed E-state index contributed by atoms with van der Waals surface area (Å²) >= 11 is 1.32. The van der Waals surface area contributed by atoms with Crippen LogP contribution in [0, 0.1) is 0 Å². The fourth-order valence-electron chi connectivity index (χ4n) is 2.16. The van der Waals surface area contributed by atoms with Gasteiger partial charge in [0.2, 0.25) is 0 Å². The van der Waals surface area contributed by atoms with Crippen LogP contribution in [0.2, 0.25) is 0 Å². The second kappa shape index (κ2) is 8.26. The van der Waals surface area contributed by atoms with Gasteiger partial charge in [-0.3, -0.25) is 14.0 Å². The minimum absolute atomic E-state index is 0.0163. The minimum atomic E-state index is -0.488. The van der Waals surface area contributed by atoms with Gasteiger partial charge in [-0.2, -0.15) is 0 Å². The molecule has 0 unspecified atom stereocenters. The number of nitrogens with one attached hydrogen (secondary N) is 2. The highest BCUT2D eigenvalue weighted by Gasteiger charge is 2.08. The molecule has 2 heterocycles. The lowest BCUT2D eigenvalue weighted by molar-refractivity contribution is -0.144. The molecule has 134 valence electrons. The summed E-state index contributed by atoms with van der Waals surface area (Å²) in [5.74, 6) is -0.488. The number of benzene rings is 1. The van der Waals surface area contributed by atoms with Gasteiger partial charge in [-0.15, -0.1) is 11.3 Å². The number of fused-ring (bicyclic) bond motifs is 1. The maximum atomic E-state index is 11.8. The van der Waals surface area contributed by atoms with E-state index in [-0.39, 0.29) is 25.1 Å². The Morgan fingerprint density at radius 1 is 1.23 bits per heavy atom. The third kappa shape index (κ3) is 4.67. The standard InChI is InChI=1S/C17H16N4O4S/c22-14-10-13(20-17-21(14)8-9-26-17)11-25-15(23)6-7-18-16(24)19-12-4-2-1-3-5-12/h1-5,8-10H,6-7,11H2,(H2,18,19,24). The van der Waals surface area contributed by atoms with Crippen molar-refractivity contribution in [1.82, 2.24) is 14.7 Å². The van der Waals surface area contributed by atoms with Crippen molar-refractivity contribution in [3.8, 4) is 0 Å². The number of hydrogen-bond donors (Lipinski definition) is 2. The fraction of sp³-hybridized carbons (Fsp3) is 0.176. The van der Waals surface area contributed by atoms with Crippen LogP contribution < -0.4 is 16.2 Å². The van der Waals surface area contributed by atoms with E-state index in [0.29, 0.717) is 16.3 Å². The van der Waals surface area contributed by atoms with Crippen molar-refractivity contribution >= 4 is 34.0 Å². The molecule has 3 rings (SSSR count). The van der Waals surface area contributed by atoms with Crippen LogP contribution in [-0.2, 0) is 16.1 Å². The van der Waals surface area contributed by atoms with Crippen LogP contribution in [0.25, 0.3) is 4.96 Å². The van der Waals surface area contributed by atoms with E-state index in [1.807, 2.05) is 6.07 Å². The summed E-state index contributed by atoms with van der Waals surface area (Å²) in [7, 11) is 0.